The van der Waals surface area contributed by atoms with Gasteiger partial charge in [-0.25, -0.2) is 9.97 Å². The number of aliphatic hydroxyl groups is 1. The first kappa shape index (κ1) is 19.6. The van der Waals surface area contributed by atoms with Crippen LogP contribution in [0.3, 0.4) is 0 Å². The largest absolute Gasteiger partial charge is 0.388 e. The lowest BCUT2D eigenvalue weighted by Crippen LogP contribution is -2.69. The highest BCUT2D eigenvalue weighted by atomic mass is 16.5. The van der Waals surface area contributed by atoms with E-state index >= 15 is 0 Å². The summed E-state index contributed by atoms with van der Waals surface area (Å²) in [5.41, 5.74) is -1.24. The van der Waals surface area contributed by atoms with Crippen LogP contribution < -0.4 is 10.2 Å². The predicted octanol–water partition coefficient (Wildman–Crippen LogP) is 1.97. The molecule has 1 aromatic rings. The molecule has 1 spiro atoms. The van der Waals surface area contributed by atoms with Gasteiger partial charge in [0.2, 0.25) is 5.91 Å². The van der Waals surface area contributed by atoms with Gasteiger partial charge in [0.05, 0.1) is 11.1 Å². The van der Waals surface area contributed by atoms with Gasteiger partial charge in [0.1, 0.15) is 17.7 Å². The van der Waals surface area contributed by atoms with Gasteiger partial charge in [0.25, 0.3) is 0 Å². The summed E-state index contributed by atoms with van der Waals surface area (Å²) in [6.45, 7) is 5.96. The minimum absolute atomic E-state index is 0.102. The number of nitrogens with zero attached hydrogens (tertiary/aromatic N) is 3. The Morgan fingerprint density at radius 3 is 2.68 bits per heavy atom. The fourth-order valence-electron chi connectivity index (χ4n) is 5.12. The third-order valence-corrected chi connectivity index (χ3v) is 6.94. The van der Waals surface area contributed by atoms with E-state index in [1.807, 2.05) is 19.9 Å². The van der Waals surface area contributed by atoms with Crippen molar-refractivity contribution >= 4 is 11.7 Å². The van der Waals surface area contributed by atoms with Gasteiger partial charge < -0.3 is 20.1 Å². The third kappa shape index (κ3) is 3.62. The number of aliphatic hydroxyl groups excluding tert-OH is 1. The van der Waals surface area contributed by atoms with Crippen molar-refractivity contribution in [3.8, 4) is 0 Å². The molecular formula is C21H32N4O3. The van der Waals surface area contributed by atoms with E-state index in [0.717, 1.165) is 50.4 Å². The second-order valence-electron chi connectivity index (χ2n) is 8.90. The molecule has 1 aliphatic carbocycles. The number of nitrogens with one attached hydrogen (secondary N) is 1. The molecule has 1 amide bonds. The van der Waals surface area contributed by atoms with Crippen LogP contribution >= 0.6 is 0 Å². The Bertz CT molecular complexity index is 713. The number of aromatic nitrogens is 2. The standard InChI is InChI=1S/C21H32N4O3/c1-15-22-11-7-17(23-15)25-12-8-21(9-13-25)19(27)20(2,10-14-28-21)24-18(26)16-5-3-4-6-16/h7,11,16,19,27H,3-6,8-10,12-14H2,1-2H3,(H,24,26)/t19-,20+/m0/s1. The van der Waals surface area contributed by atoms with Crippen LogP contribution in [0.5, 0.6) is 0 Å². The molecule has 0 unspecified atom stereocenters. The topological polar surface area (TPSA) is 87.6 Å². The maximum absolute atomic E-state index is 12.7. The van der Waals surface area contributed by atoms with Gasteiger partial charge >= 0.3 is 0 Å². The maximum atomic E-state index is 12.7. The first-order valence-corrected chi connectivity index (χ1v) is 10.6. The zero-order chi connectivity index (χ0) is 19.8. The van der Waals surface area contributed by atoms with E-state index in [2.05, 4.69) is 20.2 Å². The lowest BCUT2D eigenvalue weighted by atomic mass is 9.73. The Morgan fingerprint density at radius 1 is 1.29 bits per heavy atom. The van der Waals surface area contributed by atoms with Crippen molar-refractivity contribution in [3.05, 3.63) is 18.1 Å². The molecule has 7 heteroatoms. The summed E-state index contributed by atoms with van der Waals surface area (Å²) < 4.78 is 6.17. The van der Waals surface area contributed by atoms with Crippen molar-refractivity contribution in [2.24, 2.45) is 5.92 Å². The molecule has 2 atom stereocenters. The van der Waals surface area contributed by atoms with Gasteiger partial charge in [0.15, 0.2) is 0 Å². The van der Waals surface area contributed by atoms with Crippen molar-refractivity contribution in [1.29, 1.82) is 0 Å². The second kappa shape index (κ2) is 7.59. The molecule has 4 rings (SSSR count). The van der Waals surface area contributed by atoms with Gasteiger partial charge in [-0.1, -0.05) is 12.8 Å². The molecular weight excluding hydrogens is 356 g/mol. The van der Waals surface area contributed by atoms with Gasteiger partial charge in [-0.05, 0) is 52.0 Å². The molecule has 1 saturated carbocycles. The maximum Gasteiger partial charge on any atom is 0.223 e. The van der Waals surface area contributed by atoms with Gasteiger partial charge in [-0.15, -0.1) is 0 Å². The monoisotopic (exact) mass is 388 g/mol. The molecule has 3 heterocycles. The quantitative estimate of drug-likeness (QED) is 0.823. The van der Waals surface area contributed by atoms with Gasteiger partial charge in [-0.2, -0.15) is 0 Å². The van der Waals surface area contributed by atoms with Gasteiger partial charge in [-0.3, -0.25) is 4.79 Å². The molecule has 154 valence electrons. The molecule has 3 aliphatic rings. The number of amides is 1. The van der Waals surface area contributed by atoms with Crippen molar-refractivity contribution in [2.75, 3.05) is 24.6 Å². The summed E-state index contributed by atoms with van der Waals surface area (Å²) in [5, 5.41) is 14.5. The first-order chi connectivity index (χ1) is 13.4. The van der Waals surface area contributed by atoms with Crippen LogP contribution in [0.1, 0.15) is 57.7 Å². The molecule has 7 nitrogen and oxygen atoms in total. The zero-order valence-corrected chi connectivity index (χ0v) is 17.0. The number of rotatable bonds is 3. The Balaban J connectivity index is 1.44. The molecule has 3 fully saturated rings. The number of carbonyl (C=O) groups is 1. The molecule has 0 radical (unpaired) electrons. The SMILES string of the molecule is Cc1nccc(N2CCC3(CC2)OCC[C@@](C)(NC(=O)C2CCCC2)[C@@H]3O)n1. The minimum atomic E-state index is -0.714. The van der Waals surface area contributed by atoms with Crippen LogP contribution in [0.25, 0.3) is 0 Å². The lowest BCUT2D eigenvalue weighted by molar-refractivity contribution is -0.199. The van der Waals surface area contributed by atoms with E-state index < -0.39 is 17.2 Å². The van der Waals surface area contributed by atoms with E-state index in [-0.39, 0.29) is 11.8 Å². The Hall–Kier alpha value is -1.73. The lowest BCUT2D eigenvalue weighted by Gasteiger charge is -2.53. The van der Waals surface area contributed by atoms with E-state index in [9.17, 15) is 9.90 Å². The number of hydrogen-bond acceptors (Lipinski definition) is 6. The van der Waals surface area contributed by atoms with Crippen molar-refractivity contribution in [2.45, 2.75) is 76.0 Å². The second-order valence-corrected chi connectivity index (χ2v) is 8.90. The van der Waals surface area contributed by atoms with Crippen molar-refractivity contribution < 1.29 is 14.6 Å². The molecule has 0 aromatic carbocycles. The smallest absolute Gasteiger partial charge is 0.223 e. The van der Waals surface area contributed by atoms with Crippen molar-refractivity contribution in [1.82, 2.24) is 15.3 Å². The van der Waals surface area contributed by atoms with Crippen LogP contribution in [0.15, 0.2) is 12.3 Å². The highest BCUT2D eigenvalue weighted by Gasteiger charge is 2.54. The average molecular weight is 389 g/mol. The predicted molar refractivity (Wildman–Crippen MR) is 106 cm³/mol. The number of ether oxygens (including phenoxy) is 1. The van der Waals surface area contributed by atoms with E-state index in [1.54, 1.807) is 6.20 Å². The van der Waals surface area contributed by atoms with Crippen molar-refractivity contribution in [3.63, 3.8) is 0 Å². The Kier molecular flexibility index (Phi) is 5.31. The summed E-state index contributed by atoms with van der Waals surface area (Å²) in [6.07, 6.45) is 7.32. The summed E-state index contributed by atoms with van der Waals surface area (Å²) in [6, 6.07) is 1.93. The number of piperidine rings is 1. The van der Waals surface area contributed by atoms with E-state index in [4.69, 9.17) is 4.74 Å². The highest BCUT2D eigenvalue weighted by molar-refractivity contribution is 5.79. The van der Waals surface area contributed by atoms with E-state index in [1.165, 1.54) is 0 Å². The number of anilines is 1. The average Bonchev–Trinajstić information content (AvgIpc) is 3.22. The van der Waals surface area contributed by atoms with Crippen LogP contribution in [0.4, 0.5) is 5.82 Å². The highest BCUT2D eigenvalue weighted by Crippen LogP contribution is 2.41. The minimum Gasteiger partial charge on any atom is -0.388 e. The molecule has 2 N–H and O–H groups in total. The summed E-state index contributed by atoms with van der Waals surface area (Å²) in [7, 11) is 0. The Labute approximate surface area is 166 Å². The molecule has 28 heavy (non-hydrogen) atoms. The first-order valence-electron chi connectivity index (χ1n) is 10.6. The number of carbonyl (C=O) groups excluding carboxylic acids is 1. The van der Waals surface area contributed by atoms with Crippen LogP contribution in [0.2, 0.25) is 0 Å². The van der Waals surface area contributed by atoms with Crippen LogP contribution in [0, 0.1) is 12.8 Å². The molecule has 2 saturated heterocycles. The number of aryl methyl sites for hydroxylation is 1. The Morgan fingerprint density at radius 2 is 2.00 bits per heavy atom. The zero-order valence-electron chi connectivity index (χ0n) is 17.0. The fraction of sp³-hybridized carbons (Fsp3) is 0.762. The molecule has 0 bridgehead atoms. The number of hydrogen-bond donors (Lipinski definition) is 2. The normalized spacial score (nSPS) is 30.5. The summed E-state index contributed by atoms with van der Waals surface area (Å²) in [5.74, 6) is 1.88. The summed E-state index contributed by atoms with van der Waals surface area (Å²) >= 11 is 0. The molecule has 1 aromatic heterocycles. The van der Waals surface area contributed by atoms with Crippen LogP contribution in [-0.2, 0) is 9.53 Å². The van der Waals surface area contributed by atoms with E-state index in [0.29, 0.717) is 25.9 Å². The van der Waals surface area contributed by atoms with Crippen LogP contribution in [-0.4, -0.2) is 57.9 Å². The summed E-state index contributed by atoms with van der Waals surface area (Å²) in [4.78, 5) is 23.6. The molecule has 2 aliphatic heterocycles. The van der Waals surface area contributed by atoms with Gasteiger partial charge in [0, 0.05) is 31.8 Å². The third-order valence-electron chi connectivity index (χ3n) is 6.94. The fourth-order valence-corrected chi connectivity index (χ4v) is 5.12.